The molecular formula is C17H15ClO6. The molecule has 0 spiro atoms. The van der Waals surface area contributed by atoms with Crippen LogP contribution in [0.25, 0.3) is 6.08 Å². The zero-order valence-electron chi connectivity index (χ0n) is 13.0. The number of carbonyl (C=O) groups is 1. The molecule has 6 nitrogen and oxygen atoms in total. The first kappa shape index (κ1) is 17.6. The monoisotopic (exact) mass is 350 g/mol. The van der Waals surface area contributed by atoms with Gasteiger partial charge in [-0.2, -0.15) is 0 Å². The maximum absolute atomic E-state index is 12.1. The number of aryl methyl sites for hydroxylation is 1. The number of hydrogen-bond donors (Lipinski definition) is 2. The summed E-state index contributed by atoms with van der Waals surface area (Å²) in [5, 5.41) is 19.6. The molecule has 0 atom stereocenters. The molecule has 0 amide bonds. The van der Waals surface area contributed by atoms with Crippen LogP contribution in [0.4, 0.5) is 0 Å². The van der Waals surface area contributed by atoms with Crippen LogP contribution in [0.3, 0.4) is 0 Å². The van der Waals surface area contributed by atoms with Crippen LogP contribution >= 0.6 is 11.6 Å². The summed E-state index contributed by atoms with van der Waals surface area (Å²) in [6.45, 7) is 3.56. The first-order valence-corrected chi connectivity index (χ1v) is 7.42. The second-order valence-electron chi connectivity index (χ2n) is 4.88. The first-order valence-electron chi connectivity index (χ1n) is 7.05. The summed E-state index contributed by atoms with van der Waals surface area (Å²) >= 11 is 5.90. The molecule has 7 heteroatoms. The van der Waals surface area contributed by atoms with Gasteiger partial charge >= 0.3 is 5.63 Å². The van der Waals surface area contributed by atoms with Crippen molar-refractivity contribution >= 4 is 23.5 Å². The molecule has 0 bridgehead atoms. The van der Waals surface area contributed by atoms with Gasteiger partial charge in [0.05, 0.1) is 11.6 Å². The van der Waals surface area contributed by atoms with Crippen LogP contribution in [0.15, 0.2) is 33.5 Å². The Labute approximate surface area is 142 Å². The third-order valence-corrected chi connectivity index (χ3v) is 3.37. The Hall–Kier alpha value is -2.73. The van der Waals surface area contributed by atoms with Gasteiger partial charge in [0.1, 0.15) is 17.1 Å². The largest absolute Gasteiger partial charge is 0.507 e. The summed E-state index contributed by atoms with van der Waals surface area (Å²) in [6.07, 6.45) is 2.48. The van der Waals surface area contributed by atoms with Crippen LogP contribution in [0.1, 0.15) is 28.6 Å². The van der Waals surface area contributed by atoms with Crippen molar-refractivity contribution in [3.63, 3.8) is 0 Å². The molecule has 0 saturated carbocycles. The van der Waals surface area contributed by atoms with E-state index in [4.69, 9.17) is 20.8 Å². The lowest BCUT2D eigenvalue weighted by molar-refractivity contribution is 0.104. The molecular weight excluding hydrogens is 336 g/mol. The van der Waals surface area contributed by atoms with Crippen molar-refractivity contribution in [2.24, 2.45) is 0 Å². The van der Waals surface area contributed by atoms with Gasteiger partial charge in [-0.05, 0) is 37.6 Å². The maximum Gasteiger partial charge on any atom is 0.351 e. The molecule has 0 aliphatic carbocycles. The van der Waals surface area contributed by atoms with E-state index in [9.17, 15) is 19.8 Å². The van der Waals surface area contributed by atoms with Crippen molar-refractivity contribution in [3.05, 3.63) is 56.6 Å². The minimum absolute atomic E-state index is 0.0609. The molecule has 0 aliphatic heterocycles. The maximum atomic E-state index is 12.1. The Kier molecular flexibility index (Phi) is 5.31. The lowest BCUT2D eigenvalue weighted by Gasteiger charge is -2.08. The number of ether oxygens (including phenoxy) is 1. The highest BCUT2D eigenvalue weighted by molar-refractivity contribution is 6.32. The number of halogens is 1. The number of carbonyl (C=O) groups excluding carboxylic acids is 1. The van der Waals surface area contributed by atoms with Crippen LogP contribution in [-0.4, -0.2) is 22.6 Å². The molecule has 24 heavy (non-hydrogen) atoms. The number of allylic oxidation sites excluding steroid dienone is 1. The molecule has 0 unspecified atom stereocenters. The van der Waals surface area contributed by atoms with E-state index in [1.54, 1.807) is 6.92 Å². The normalized spacial score (nSPS) is 11.0. The van der Waals surface area contributed by atoms with E-state index in [1.807, 2.05) is 0 Å². The van der Waals surface area contributed by atoms with Gasteiger partial charge < -0.3 is 19.4 Å². The van der Waals surface area contributed by atoms with Crippen LogP contribution < -0.4 is 10.4 Å². The van der Waals surface area contributed by atoms with E-state index < -0.39 is 22.7 Å². The van der Waals surface area contributed by atoms with Gasteiger partial charge in [-0.1, -0.05) is 17.7 Å². The van der Waals surface area contributed by atoms with E-state index >= 15 is 0 Å². The van der Waals surface area contributed by atoms with Crippen molar-refractivity contribution < 1.29 is 24.2 Å². The number of phenolic OH excluding ortho intramolecular Hbond substituents is 1. The van der Waals surface area contributed by atoms with Crippen LogP contribution in [0.5, 0.6) is 17.2 Å². The van der Waals surface area contributed by atoms with Gasteiger partial charge in [0.15, 0.2) is 17.3 Å². The van der Waals surface area contributed by atoms with Crippen molar-refractivity contribution in [1.29, 1.82) is 0 Å². The number of rotatable bonds is 5. The van der Waals surface area contributed by atoms with Crippen molar-refractivity contribution in [2.45, 2.75) is 13.8 Å². The summed E-state index contributed by atoms with van der Waals surface area (Å²) in [5.74, 6) is -0.987. The SMILES string of the molecule is CCOc1cc(/C=C/C(=O)c2c(O)cc(C)oc2=O)cc(Cl)c1O. The molecule has 0 radical (unpaired) electrons. The zero-order chi connectivity index (χ0) is 17.9. The van der Waals surface area contributed by atoms with Crippen LogP contribution in [0, 0.1) is 6.92 Å². The van der Waals surface area contributed by atoms with E-state index in [-0.39, 0.29) is 22.3 Å². The second-order valence-corrected chi connectivity index (χ2v) is 5.29. The summed E-state index contributed by atoms with van der Waals surface area (Å²) in [4.78, 5) is 23.8. The molecule has 2 aromatic rings. The average molecular weight is 351 g/mol. The van der Waals surface area contributed by atoms with Gasteiger partial charge in [-0.3, -0.25) is 4.79 Å². The average Bonchev–Trinajstić information content (AvgIpc) is 2.49. The Morgan fingerprint density at radius 3 is 2.67 bits per heavy atom. The number of aromatic hydroxyl groups is 2. The number of benzene rings is 1. The van der Waals surface area contributed by atoms with Crippen molar-refractivity contribution in [1.82, 2.24) is 0 Å². The molecule has 0 aliphatic rings. The fourth-order valence-electron chi connectivity index (χ4n) is 2.03. The fourth-order valence-corrected chi connectivity index (χ4v) is 2.25. The zero-order valence-corrected chi connectivity index (χ0v) is 13.8. The van der Waals surface area contributed by atoms with Gasteiger partial charge in [-0.25, -0.2) is 4.79 Å². The molecule has 1 aromatic heterocycles. The van der Waals surface area contributed by atoms with E-state index in [2.05, 4.69) is 0 Å². The fraction of sp³-hybridized carbons (Fsp3) is 0.176. The molecule has 0 fully saturated rings. The summed E-state index contributed by atoms with van der Waals surface area (Å²) in [6, 6.07) is 4.11. The lowest BCUT2D eigenvalue weighted by atomic mass is 10.1. The van der Waals surface area contributed by atoms with Crippen LogP contribution in [0.2, 0.25) is 5.02 Å². The Balaban J connectivity index is 2.35. The topological polar surface area (TPSA) is 97.0 Å². The Morgan fingerprint density at radius 1 is 1.33 bits per heavy atom. The molecule has 2 N–H and O–H groups in total. The molecule has 126 valence electrons. The standard InChI is InChI=1S/C17H15ClO6/c1-3-23-14-8-10(7-11(18)16(14)21)4-5-12(19)15-13(20)6-9(2)24-17(15)22/h4-8,20-21H,3H2,1-2H3/b5-4+. The van der Waals surface area contributed by atoms with Crippen molar-refractivity contribution in [2.75, 3.05) is 6.61 Å². The summed E-state index contributed by atoms with van der Waals surface area (Å²) < 4.78 is 10.0. The first-order chi connectivity index (χ1) is 11.3. The smallest absolute Gasteiger partial charge is 0.351 e. The number of hydrogen-bond acceptors (Lipinski definition) is 6. The van der Waals surface area contributed by atoms with E-state index in [0.29, 0.717) is 12.2 Å². The minimum Gasteiger partial charge on any atom is -0.507 e. The van der Waals surface area contributed by atoms with Gasteiger partial charge in [0.25, 0.3) is 0 Å². The number of phenols is 1. The van der Waals surface area contributed by atoms with Crippen LogP contribution in [-0.2, 0) is 0 Å². The third kappa shape index (κ3) is 3.78. The molecule has 2 rings (SSSR count). The minimum atomic E-state index is -0.916. The predicted molar refractivity (Wildman–Crippen MR) is 89.0 cm³/mol. The van der Waals surface area contributed by atoms with Gasteiger partial charge in [0.2, 0.25) is 0 Å². The third-order valence-electron chi connectivity index (χ3n) is 3.08. The molecule has 1 aromatic carbocycles. The molecule has 0 saturated heterocycles. The van der Waals surface area contributed by atoms with Crippen molar-refractivity contribution in [3.8, 4) is 17.2 Å². The summed E-state index contributed by atoms with van der Waals surface area (Å²) in [7, 11) is 0. The Morgan fingerprint density at radius 2 is 2.04 bits per heavy atom. The summed E-state index contributed by atoms with van der Waals surface area (Å²) in [5.41, 5.74) is -0.891. The molecule has 1 heterocycles. The van der Waals surface area contributed by atoms with Gasteiger partial charge in [-0.15, -0.1) is 0 Å². The highest BCUT2D eigenvalue weighted by Gasteiger charge is 2.16. The quantitative estimate of drug-likeness (QED) is 0.634. The predicted octanol–water partition coefficient (Wildman–Crippen LogP) is 3.31. The second kappa shape index (κ2) is 7.23. The lowest BCUT2D eigenvalue weighted by Crippen LogP contribution is -2.12. The van der Waals surface area contributed by atoms with Gasteiger partial charge in [0, 0.05) is 6.07 Å². The highest BCUT2D eigenvalue weighted by Crippen LogP contribution is 2.35. The van der Waals surface area contributed by atoms with E-state index in [1.165, 1.54) is 31.2 Å². The highest BCUT2D eigenvalue weighted by atomic mass is 35.5. The Bertz CT molecular complexity index is 866. The number of ketones is 1. The van der Waals surface area contributed by atoms with E-state index in [0.717, 1.165) is 6.08 Å².